The van der Waals surface area contributed by atoms with Gasteiger partial charge in [-0.1, -0.05) is 0 Å². The Labute approximate surface area is 253 Å². The number of alkyl halides is 2. The van der Waals surface area contributed by atoms with Gasteiger partial charge in [0.15, 0.2) is 11.6 Å². The number of anilines is 1. The van der Waals surface area contributed by atoms with Crippen LogP contribution in [0.25, 0.3) is 0 Å². The first-order valence-electron chi connectivity index (χ1n) is 15.2. The molecule has 4 heterocycles. The maximum absolute atomic E-state index is 14.4. The van der Waals surface area contributed by atoms with Crippen molar-refractivity contribution in [2.24, 2.45) is 5.41 Å². The number of amides is 1. The summed E-state index contributed by atoms with van der Waals surface area (Å²) in [7, 11) is 0. The van der Waals surface area contributed by atoms with E-state index < -0.39 is 36.5 Å². The zero-order valence-corrected chi connectivity index (χ0v) is 24.7. The van der Waals surface area contributed by atoms with E-state index in [9.17, 15) is 18.0 Å². The van der Waals surface area contributed by atoms with E-state index in [4.69, 9.17) is 9.47 Å². The lowest BCUT2D eigenvalue weighted by Crippen LogP contribution is -2.65. The maximum Gasteiger partial charge on any atom is 0.258 e. The van der Waals surface area contributed by atoms with E-state index in [0.29, 0.717) is 11.6 Å². The summed E-state index contributed by atoms with van der Waals surface area (Å²) in [4.78, 5) is 30.2. The molecular weight excluding hydrogens is 573 g/mol. The molecule has 1 N–H and O–H groups in total. The number of carbonyl (C=O) groups excluding carboxylic acids is 1. The average molecular weight is 609 g/mol. The van der Waals surface area contributed by atoms with Gasteiger partial charge in [-0.2, -0.15) is 0 Å². The van der Waals surface area contributed by atoms with Gasteiger partial charge in [-0.15, -0.1) is 0 Å². The number of benzene rings is 1. The van der Waals surface area contributed by atoms with Crippen molar-refractivity contribution in [3.63, 3.8) is 0 Å². The van der Waals surface area contributed by atoms with Crippen LogP contribution in [0.4, 0.5) is 19.0 Å². The van der Waals surface area contributed by atoms with Gasteiger partial charge >= 0.3 is 0 Å². The number of nitrogens with one attached hydrogen (secondary N) is 1. The van der Waals surface area contributed by atoms with E-state index >= 15 is 0 Å². The van der Waals surface area contributed by atoms with Crippen molar-refractivity contribution in [1.82, 2.24) is 25.2 Å². The number of carbonyl (C=O) groups is 1. The highest BCUT2D eigenvalue weighted by Crippen LogP contribution is 2.52. The molecule has 0 radical (unpaired) electrons. The van der Waals surface area contributed by atoms with Crippen molar-refractivity contribution >= 4 is 11.7 Å². The second kappa shape index (κ2) is 10.9. The van der Waals surface area contributed by atoms with E-state index in [-0.39, 0.29) is 28.9 Å². The highest BCUT2D eigenvalue weighted by atomic mass is 19.3. The number of halogens is 3. The molecule has 3 fully saturated rings. The topological polar surface area (TPSA) is 92.7 Å². The molecular formula is C32H35F3N6O3. The van der Waals surface area contributed by atoms with E-state index in [1.54, 1.807) is 13.8 Å². The number of pyridine rings is 1. The van der Waals surface area contributed by atoms with Crippen molar-refractivity contribution in [2.45, 2.75) is 76.6 Å². The number of fused-ring (bicyclic) bond motifs is 1. The lowest BCUT2D eigenvalue weighted by Gasteiger charge is -2.59. The molecule has 1 amide bonds. The van der Waals surface area contributed by atoms with Crippen LogP contribution < -0.4 is 19.7 Å². The molecule has 4 aliphatic rings. The van der Waals surface area contributed by atoms with Crippen molar-refractivity contribution < 1.29 is 27.4 Å². The molecule has 2 aromatic heterocycles. The molecule has 7 rings (SSSR count). The Kier molecular flexibility index (Phi) is 7.14. The van der Waals surface area contributed by atoms with Gasteiger partial charge in [0.2, 0.25) is 0 Å². The average Bonchev–Trinajstić information content (AvgIpc) is 2.94. The Morgan fingerprint density at radius 1 is 1.09 bits per heavy atom. The van der Waals surface area contributed by atoms with Gasteiger partial charge in [0.1, 0.15) is 29.7 Å². The molecule has 2 aliphatic carbocycles. The van der Waals surface area contributed by atoms with Gasteiger partial charge in [0.25, 0.3) is 11.8 Å². The highest BCUT2D eigenvalue weighted by Gasteiger charge is 2.54. The third kappa shape index (κ3) is 5.33. The first-order chi connectivity index (χ1) is 21.1. The summed E-state index contributed by atoms with van der Waals surface area (Å²) in [6, 6.07) is 4.64. The first kappa shape index (κ1) is 28.8. The molecule has 232 valence electrons. The SMILES string of the molecule is CC(C)N(C(=O)c1cc(F)ccc1Oc1cncnc1N1CC2(CC(Oc3ccnc4c3CNCC4)C2)C1)C1CC(F)(F)C1. The van der Waals surface area contributed by atoms with Gasteiger partial charge < -0.3 is 24.6 Å². The number of hydrogen-bond donors (Lipinski definition) is 1. The van der Waals surface area contributed by atoms with Gasteiger partial charge in [-0.25, -0.2) is 23.1 Å². The Balaban J connectivity index is 1.03. The van der Waals surface area contributed by atoms with Crippen LogP contribution in [0.1, 0.15) is 61.1 Å². The molecule has 1 saturated heterocycles. The van der Waals surface area contributed by atoms with Gasteiger partial charge in [0, 0.05) is 80.4 Å². The molecule has 1 aromatic carbocycles. The quantitative estimate of drug-likeness (QED) is 0.376. The Bertz CT molecular complexity index is 1560. The standard InChI is InChI=1S/C32H35F3N6O3/c1-19(2)41(21-10-32(34,35)11-21)30(42)23-9-20(33)3-4-26(23)44-28-15-37-18-39-29(28)40-16-31(17-40)12-22(13-31)43-27-6-8-38-25-5-7-36-14-24(25)27/h3-4,6,8-9,15,18-19,21-22,36H,5,7,10-14,16-17H2,1-2H3. The molecule has 12 heteroatoms. The van der Waals surface area contributed by atoms with Crippen LogP contribution >= 0.6 is 0 Å². The second-order valence-electron chi connectivity index (χ2n) is 12.8. The van der Waals surface area contributed by atoms with Crippen LogP contribution in [-0.2, 0) is 13.0 Å². The predicted octanol–water partition coefficient (Wildman–Crippen LogP) is 5.14. The van der Waals surface area contributed by atoms with Crippen LogP contribution in [0.5, 0.6) is 17.2 Å². The molecule has 3 aromatic rings. The molecule has 1 spiro atoms. The number of hydrogen-bond acceptors (Lipinski definition) is 8. The molecule has 0 bridgehead atoms. The normalized spacial score (nSPS) is 20.4. The van der Waals surface area contributed by atoms with Crippen molar-refractivity contribution in [3.05, 3.63) is 65.6 Å². The lowest BCUT2D eigenvalue weighted by molar-refractivity contribution is -0.120. The summed E-state index contributed by atoms with van der Waals surface area (Å²) in [5, 5.41) is 3.39. The third-order valence-electron chi connectivity index (χ3n) is 9.21. The van der Waals surface area contributed by atoms with Gasteiger partial charge in [-0.05, 0) is 51.0 Å². The van der Waals surface area contributed by atoms with E-state index in [1.165, 1.54) is 29.6 Å². The summed E-state index contributed by atoms with van der Waals surface area (Å²) in [5.74, 6) is -2.04. The maximum atomic E-state index is 14.4. The minimum absolute atomic E-state index is 0.0312. The Morgan fingerprint density at radius 3 is 2.64 bits per heavy atom. The molecule has 0 unspecified atom stereocenters. The van der Waals surface area contributed by atoms with Crippen LogP contribution in [0.15, 0.2) is 43.0 Å². The van der Waals surface area contributed by atoms with E-state index in [0.717, 1.165) is 68.5 Å². The number of ether oxygens (including phenoxy) is 2. The van der Waals surface area contributed by atoms with E-state index in [1.807, 2.05) is 12.3 Å². The molecule has 0 atom stereocenters. The minimum Gasteiger partial charge on any atom is -0.490 e. The summed E-state index contributed by atoms with van der Waals surface area (Å²) >= 11 is 0. The number of rotatable bonds is 8. The smallest absolute Gasteiger partial charge is 0.258 e. The fourth-order valence-electron chi connectivity index (χ4n) is 7.08. The monoisotopic (exact) mass is 608 g/mol. The largest absolute Gasteiger partial charge is 0.490 e. The van der Waals surface area contributed by atoms with E-state index in [2.05, 4.69) is 25.2 Å². The van der Waals surface area contributed by atoms with Crippen LogP contribution in [0.2, 0.25) is 0 Å². The summed E-state index contributed by atoms with van der Waals surface area (Å²) in [6.45, 7) is 6.75. The number of nitrogens with zero attached hydrogens (tertiary/aromatic N) is 5. The summed E-state index contributed by atoms with van der Waals surface area (Å²) < 4.78 is 54.3. The third-order valence-corrected chi connectivity index (χ3v) is 9.21. The fraction of sp³-hybridized carbons (Fsp3) is 0.500. The zero-order chi connectivity index (χ0) is 30.6. The zero-order valence-electron chi connectivity index (χ0n) is 24.7. The highest BCUT2D eigenvalue weighted by molar-refractivity contribution is 5.97. The van der Waals surface area contributed by atoms with Crippen molar-refractivity contribution in [3.8, 4) is 17.2 Å². The Hall–Kier alpha value is -3.93. The lowest BCUT2D eigenvalue weighted by atomic mass is 9.61. The fourth-order valence-corrected chi connectivity index (χ4v) is 7.08. The predicted molar refractivity (Wildman–Crippen MR) is 156 cm³/mol. The Morgan fingerprint density at radius 2 is 1.89 bits per heavy atom. The molecule has 44 heavy (non-hydrogen) atoms. The van der Waals surface area contributed by atoms with Gasteiger partial charge in [0.05, 0.1) is 11.8 Å². The summed E-state index contributed by atoms with van der Waals surface area (Å²) in [6.07, 6.45) is 6.85. The first-order valence-corrected chi connectivity index (χ1v) is 15.2. The molecule has 2 saturated carbocycles. The minimum atomic E-state index is -2.80. The van der Waals surface area contributed by atoms with Crippen molar-refractivity contribution in [1.29, 1.82) is 0 Å². The molecule has 9 nitrogen and oxygen atoms in total. The van der Waals surface area contributed by atoms with Crippen LogP contribution in [0.3, 0.4) is 0 Å². The van der Waals surface area contributed by atoms with Crippen molar-refractivity contribution in [2.75, 3.05) is 24.5 Å². The number of aromatic nitrogens is 3. The van der Waals surface area contributed by atoms with Gasteiger partial charge in [-0.3, -0.25) is 9.78 Å². The van der Waals surface area contributed by atoms with Crippen LogP contribution in [-0.4, -0.2) is 69.5 Å². The molecule has 2 aliphatic heterocycles. The second-order valence-corrected chi connectivity index (χ2v) is 12.8. The summed E-state index contributed by atoms with van der Waals surface area (Å²) in [5.41, 5.74) is 2.35. The van der Waals surface area contributed by atoms with Crippen LogP contribution in [0, 0.1) is 11.2 Å².